The molecule has 0 aliphatic carbocycles. The van der Waals surface area contributed by atoms with Gasteiger partial charge in [0.05, 0.1) is 6.54 Å². The average molecular weight is 299 g/mol. The highest BCUT2D eigenvalue weighted by Crippen LogP contribution is 2.20. The predicted octanol–water partition coefficient (Wildman–Crippen LogP) is 2.38. The molecule has 0 spiro atoms. The van der Waals surface area contributed by atoms with Crippen LogP contribution in [0.25, 0.3) is 0 Å². The maximum Gasteiger partial charge on any atom is 0.267 e. The lowest BCUT2D eigenvalue weighted by atomic mass is 10.2. The third-order valence-corrected chi connectivity index (χ3v) is 3.75. The highest BCUT2D eigenvalue weighted by atomic mass is 32.1. The number of nitrogens with two attached hydrogens (primary N) is 1. The lowest BCUT2D eigenvalue weighted by Gasteiger charge is -2.12. The van der Waals surface area contributed by atoms with E-state index < -0.39 is 0 Å². The molecule has 5 heteroatoms. The molecule has 4 nitrogen and oxygen atoms in total. The smallest absolute Gasteiger partial charge is 0.267 e. The molecule has 1 heterocycles. The summed E-state index contributed by atoms with van der Waals surface area (Å²) in [5.74, 6) is 5.53. The first-order chi connectivity index (χ1) is 10.1. The molecule has 0 fully saturated rings. The third kappa shape index (κ3) is 3.85. The van der Waals surface area contributed by atoms with E-state index in [4.69, 9.17) is 5.73 Å². The van der Waals surface area contributed by atoms with Crippen LogP contribution in [-0.4, -0.2) is 26.5 Å². The number of carbonyl (C=O) groups excluding carboxylic acids is 1. The van der Waals surface area contributed by atoms with Gasteiger partial charge in [0.1, 0.15) is 4.88 Å². The topological polar surface area (TPSA) is 58.4 Å². The molecule has 0 aliphatic rings. The van der Waals surface area contributed by atoms with Crippen LogP contribution < -0.4 is 16.0 Å². The van der Waals surface area contributed by atoms with Gasteiger partial charge in [0.2, 0.25) is 0 Å². The highest BCUT2D eigenvalue weighted by Gasteiger charge is 2.12. The second-order valence-electron chi connectivity index (χ2n) is 4.56. The molecule has 21 heavy (non-hydrogen) atoms. The van der Waals surface area contributed by atoms with Crippen molar-refractivity contribution in [2.24, 2.45) is 5.73 Å². The van der Waals surface area contributed by atoms with Gasteiger partial charge in [-0.1, -0.05) is 11.8 Å². The van der Waals surface area contributed by atoms with Crippen LogP contribution >= 0.6 is 11.3 Å². The first-order valence-corrected chi connectivity index (χ1v) is 7.35. The monoisotopic (exact) mass is 299 g/mol. The summed E-state index contributed by atoms with van der Waals surface area (Å²) in [4.78, 5) is 14.9. The van der Waals surface area contributed by atoms with E-state index in [9.17, 15) is 4.79 Å². The Bertz CT molecular complexity index is 678. The normalized spacial score (nSPS) is 9.67. The molecular formula is C16H17N3OS. The summed E-state index contributed by atoms with van der Waals surface area (Å²) in [7, 11) is 3.95. The van der Waals surface area contributed by atoms with Crippen molar-refractivity contribution >= 4 is 28.6 Å². The number of carbonyl (C=O) groups is 1. The summed E-state index contributed by atoms with van der Waals surface area (Å²) >= 11 is 1.37. The third-order valence-electron chi connectivity index (χ3n) is 2.84. The molecule has 0 radical (unpaired) electrons. The number of nitrogens with zero attached hydrogens (tertiary/aromatic N) is 1. The maximum atomic E-state index is 12.3. The molecule has 1 amide bonds. The van der Waals surface area contributed by atoms with E-state index in [2.05, 4.69) is 17.2 Å². The van der Waals surface area contributed by atoms with Crippen LogP contribution in [-0.2, 0) is 0 Å². The zero-order chi connectivity index (χ0) is 15.2. The maximum absolute atomic E-state index is 12.3. The van der Waals surface area contributed by atoms with Crippen LogP contribution in [0.2, 0.25) is 0 Å². The van der Waals surface area contributed by atoms with Crippen LogP contribution in [0, 0.1) is 11.8 Å². The Labute approximate surface area is 128 Å². The van der Waals surface area contributed by atoms with Crippen LogP contribution in [0.4, 0.5) is 11.4 Å². The van der Waals surface area contributed by atoms with E-state index in [1.165, 1.54) is 11.3 Å². The number of nitrogens with one attached hydrogen (secondary N) is 1. The average Bonchev–Trinajstić information content (AvgIpc) is 2.94. The Hall–Kier alpha value is -2.29. The minimum absolute atomic E-state index is 0.149. The minimum Gasteiger partial charge on any atom is -0.378 e. The fourth-order valence-corrected chi connectivity index (χ4v) is 2.50. The van der Waals surface area contributed by atoms with E-state index in [1.54, 1.807) is 0 Å². The Balaban J connectivity index is 2.13. The molecule has 0 unspecified atom stereocenters. The van der Waals surface area contributed by atoms with Crippen LogP contribution in [0.5, 0.6) is 0 Å². The number of rotatable bonds is 3. The molecule has 0 bridgehead atoms. The van der Waals surface area contributed by atoms with E-state index in [1.807, 2.05) is 54.7 Å². The van der Waals surface area contributed by atoms with Gasteiger partial charge in [-0.25, -0.2) is 0 Å². The van der Waals surface area contributed by atoms with Crippen molar-refractivity contribution in [3.63, 3.8) is 0 Å². The quantitative estimate of drug-likeness (QED) is 0.856. The van der Waals surface area contributed by atoms with Gasteiger partial charge in [-0.2, -0.15) is 0 Å². The summed E-state index contributed by atoms with van der Waals surface area (Å²) in [5.41, 5.74) is 7.92. The van der Waals surface area contributed by atoms with Crippen molar-refractivity contribution < 1.29 is 4.79 Å². The van der Waals surface area contributed by atoms with E-state index in [0.29, 0.717) is 10.4 Å². The molecule has 108 valence electrons. The molecule has 3 N–H and O–H groups in total. The zero-order valence-electron chi connectivity index (χ0n) is 12.0. The zero-order valence-corrected chi connectivity index (χ0v) is 12.8. The molecule has 2 aromatic rings. The van der Waals surface area contributed by atoms with Crippen molar-refractivity contribution in [1.29, 1.82) is 0 Å². The Morgan fingerprint density at radius 3 is 2.62 bits per heavy atom. The fourth-order valence-electron chi connectivity index (χ4n) is 1.76. The molecule has 2 rings (SSSR count). The number of anilines is 2. The van der Waals surface area contributed by atoms with E-state index in [-0.39, 0.29) is 12.5 Å². The van der Waals surface area contributed by atoms with Gasteiger partial charge >= 0.3 is 0 Å². The highest BCUT2D eigenvalue weighted by molar-refractivity contribution is 7.12. The van der Waals surface area contributed by atoms with Gasteiger partial charge in [-0.3, -0.25) is 4.79 Å². The number of amides is 1. The lowest BCUT2D eigenvalue weighted by molar-refractivity contribution is 0.103. The molecule has 0 saturated carbocycles. The van der Waals surface area contributed by atoms with Crippen molar-refractivity contribution in [2.45, 2.75) is 0 Å². The van der Waals surface area contributed by atoms with Crippen molar-refractivity contribution in [1.82, 2.24) is 0 Å². The van der Waals surface area contributed by atoms with Crippen LogP contribution in [0.15, 0.2) is 35.7 Å². The molecule has 1 aromatic heterocycles. The minimum atomic E-state index is -0.149. The summed E-state index contributed by atoms with van der Waals surface area (Å²) < 4.78 is 0. The summed E-state index contributed by atoms with van der Waals surface area (Å²) in [6.07, 6.45) is 0. The standard InChI is InChI=1S/C16H17N3OS/c1-19(2)14-7-5-13(6-8-14)18-16(20)15-12(4-3-10-17)9-11-21-15/h5-9,11H,10,17H2,1-2H3,(H,18,20). The molecule has 0 atom stereocenters. The first-order valence-electron chi connectivity index (χ1n) is 6.47. The number of benzene rings is 1. The summed E-state index contributed by atoms with van der Waals surface area (Å²) in [6.45, 7) is 0.281. The number of thiophene rings is 1. The van der Waals surface area contributed by atoms with Gasteiger partial charge in [0.25, 0.3) is 5.91 Å². The molecule has 0 aliphatic heterocycles. The van der Waals surface area contributed by atoms with Gasteiger partial charge in [-0.05, 0) is 35.7 Å². The Kier molecular flexibility index (Phi) is 4.99. The second kappa shape index (κ2) is 6.93. The fraction of sp³-hybridized carbons (Fsp3) is 0.188. The Morgan fingerprint density at radius 1 is 1.29 bits per heavy atom. The predicted molar refractivity (Wildman–Crippen MR) is 89.0 cm³/mol. The van der Waals surface area contributed by atoms with Gasteiger partial charge in [0.15, 0.2) is 0 Å². The van der Waals surface area contributed by atoms with Gasteiger partial charge in [0, 0.05) is 31.0 Å². The van der Waals surface area contributed by atoms with Crippen LogP contribution in [0.3, 0.4) is 0 Å². The first kappa shape index (κ1) is 15.1. The summed E-state index contributed by atoms with van der Waals surface area (Å²) in [6, 6.07) is 9.51. The number of hydrogen-bond donors (Lipinski definition) is 2. The van der Waals surface area contributed by atoms with E-state index in [0.717, 1.165) is 11.4 Å². The summed E-state index contributed by atoms with van der Waals surface area (Å²) in [5, 5.41) is 4.73. The van der Waals surface area contributed by atoms with Crippen LogP contribution in [0.1, 0.15) is 15.2 Å². The second-order valence-corrected chi connectivity index (χ2v) is 5.48. The lowest BCUT2D eigenvalue weighted by Crippen LogP contribution is -2.12. The SMILES string of the molecule is CN(C)c1ccc(NC(=O)c2sccc2C#CCN)cc1. The number of hydrogen-bond acceptors (Lipinski definition) is 4. The van der Waals surface area contributed by atoms with E-state index >= 15 is 0 Å². The van der Waals surface area contributed by atoms with Gasteiger partial charge in [-0.15, -0.1) is 11.3 Å². The molecular weight excluding hydrogens is 282 g/mol. The Morgan fingerprint density at radius 2 is 2.00 bits per heavy atom. The van der Waals surface area contributed by atoms with Crippen molar-refractivity contribution in [2.75, 3.05) is 30.9 Å². The van der Waals surface area contributed by atoms with Crippen molar-refractivity contribution in [3.8, 4) is 11.8 Å². The molecule has 1 aromatic carbocycles. The van der Waals surface area contributed by atoms with Crippen molar-refractivity contribution in [3.05, 3.63) is 46.2 Å². The molecule has 0 saturated heterocycles. The van der Waals surface area contributed by atoms with Gasteiger partial charge < -0.3 is 16.0 Å². The largest absolute Gasteiger partial charge is 0.378 e.